The van der Waals surface area contributed by atoms with Crippen molar-refractivity contribution in [2.45, 2.75) is 23.6 Å². The molecule has 0 unspecified atom stereocenters. The Kier molecular flexibility index (Phi) is 5.93. The van der Waals surface area contributed by atoms with Crippen LogP contribution in [0.1, 0.15) is 11.1 Å². The molecule has 1 aliphatic heterocycles. The number of hydrogen-bond acceptors (Lipinski definition) is 5. The van der Waals surface area contributed by atoms with Gasteiger partial charge in [-0.15, -0.1) is 12.4 Å². The number of aromatic nitrogens is 1. The van der Waals surface area contributed by atoms with E-state index in [4.69, 9.17) is 0 Å². The average molecular weight is 418 g/mol. The number of benzene rings is 2. The van der Waals surface area contributed by atoms with Crippen molar-refractivity contribution in [1.82, 2.24) is 10.3 Å². The number of piperazine rings is 1. The molecule has 1 aliphatic rings. The zero-order chi connectivity index (χ0) is 19.0. The van der Waals surface area contributed by atoms with Gasteiger partial charge in [0.1, 0.15) is 5.82 Å². The van der Waals surface area contributed by atoms with Gasteiger partial charge in [0.2, 0.25) is 9.84 Å². The summed E-state index contributed by atoms with van der Waals surface area (Å²) < 4.78 is 26.4. The van der Waals surface area contributed by atoms with Gasteiger partial charge in [0.05, 0.1) is 9.79 Å². The summed E-state index contributed by atoms with van der Waals surface area (Å²) in [5.41, 5.74) is 2.05. The lowest BCUT2D eigenvalue weighted by molar-refractivity contribution is 0.586. The summed E-state index contributed by atoms with van der Waals surface area (Å²) in [7, 11) is -3.58. The zero-order valence-electron chi connectivity index (χ0n) is 16.0. The summed E-state index contributed by atoms with van der Waals surface area (Å²) in [5, 5.41) is 5.21. The van der Waals surface area contributed by atoms with Crippen LogP contribution in [-0.4, -0.2) is 39.6 Å². The molecule has 0 radical (unpaired) electrons. The van der Waals surface area contributed by atoms with E-state index in [9.17, 15) is 8.42 Å². The second-order valence-corrected chi connectivity index (χ2v) is 8.95. The molecular formula is C21H24ClN3O2S. The molecule has 7 heteroatoms. The van der Waals surface area contributed by atoms with E-state index < -0.39 is 9.84 Å². The fraction of sp³-hybridized carbons (Fsp3) is 0.286. The Hall–Kier alpha value is -2.15. The molecule has 3 aromatic rings. The fourth-order valence-electron chi connectivity index (χ4n) is 3.45. The summed E-state index contributed by atoms with van der Waals surface area (Å²) in [4.78, 5) is 7.41. The van der Waals surface area contributed by atoms with Crippen LogP contribution >= 0.6 is 12.4 Å². The van der Waals surface area contributed by atoms with Crippen LogP contribution in [0.4, 0.5) is 5.82 Å². The quantitative estimate of drug-likeness (QED) is 0.706. The molecule has 0 saturated carbocycles. The Morgan fingerprint density at radius 1 is 0.929 bits per heavy atom. The lowest BCUT2D eigenvalue weighted by atomic mass is 10.1. The molecule has 0 spiro atoms. The zero-order valence-corrected chi connectivity index (χ0v) is 17.6. The van der Waals surface area contributed by atoms with E-state index in [0.29, 0.717) is 9.79 Å². The van der Waals surface area contributed by atoms with Crippen LogP contribution in [0, 0.1) is 13.8 Å². The molecule has 2 heterocycles. The molecule has 1 fully saturated rings. The van der Waals surface area contributed by atoms with Crippen LogP contribution in [0.2, 0.25) is 0 Å². The highest BCUT2D eigenvalue weighted by atomic mass is 35.5. The summed E-state index contributed by atoms with van der Waals surface area (Å²) in [6.07, 6.45) is 1.79. The first-order valence-electron chi connectivity index (χ1n) is 9.13. The van der Waals surface area contributed by atoms with Crippen LogP contribution in [0.15, 0.2) is 58.5 Å². The number of fused-ring (bicyclic) bond motifs is 1. The standard InChI is InChI=1S/C21H23N3O2S.ClH/c1-15-3-5-18(13-16(15)2)27(25,26)19-6-4-17-7-8-23-21(20(17)14-19)24-11-9-22-10-12-24;/h3-8,13-14,22H,9-12H2,1-2H3;1H. The Balaban J connectivity index is 0.00000225. The maximum atomic E-state index is 13.2. The van der Waals surface area contributed by atoms with E-state index in [-0.39, 0.29) is 12.4 Å². The monoisotopic (exact) mass is 417 g/mol. The molecule has 0 amide bonds. The third-order valence-corrected chi connectivity index (χ3v) is 6.98. The van der Waals surface area contributed by atoms with Crippen molar-refractivity contribution in [3.8, 4) is 0 Å². The smallest absolute Gasteiger partial charge is 0.206 e. The maximum Gasteiger partial charge on any atom is 0.206 e. The fourth-order valence-corrected chi connectivity index (χ4v) is 4.82. The van der Waals surface area contributed by atoms with Gasteiger partial charge in [0.15, 0.2) is 0 Å². The van der Waals surface area contributed by atoms with Gasteiger partial charge in [-0.2, -0.15) is 0 Å². The lowest BCUT2D eigenvalue weighted by Crippen LogP contribution is -2.43. The molecule has 1 saturated heterocycles. The van der Waals surface area contributed by atoms with E-state index in [2.05, 4.69) is 15.2 Å². The van der Waals surface area contributed by atoms with E-state index in [1.807, 2.05) is 32.0 Å². The first-order valence-corrected chi connectivity index (χ1v) is 10.6. The number of rotatable bonds is 3. The number of pyridine rings is 1. The molecule has 5 nitrogen and oxygen atoms in total. The van der Waals surface area contributed by atoms with Crippen molar-refractivity contribution in [3.63, 3.8) is 0 Å². The van der Waals surface area contributed by atoms with Crippen molar-refractivity contribution in [2.75, 3.05) is 31.1 Å². The van der Waals surface area contributed by atoms with E-state index in [0.717, 1.165) is 53.9 Å². The Morgan fingerprint density at radius 3 is 2.32 bits per heavy atom. The number of anilines is 1. The number of nitrogens with one attached hydrogen (secondary N) is 1. The molecule has 1 N–H and O–H groups in total. The minimum absolute atomic E-state index is 0. The Morgan fingerprint density at radius 2 is 1.61 bits per heavy atom. The maximum absolute atomic E-state index is 13.2. The van der Waals surface area contributed by atoms with Gasteiger partial charge >= 0.3 is 0 Å². The number of nitrogens with zero attached hydrogens (tertiary/aromatic N) is 2. The van der Waals surface area contributed by atoms with Gasteiger partial charge in [-0.25, -0.2) is 13.4 Å². The number of aryl methyl sites for hydroxylation is 2. The van der Waals surface area contributed by atoms with Crippen LogP contribution in [0.5, 0.6) is 0 Å². The summed E-state index contributed by atoms with van der Waals surface area (Å²) >= 11 is 0. The first-order chi connectivity index (χ1) is 13.0. The second-order valence-electron chi connectivity index (χ2n) is 7.00. The summed E-state index contributed by atoms with van der Waals surface area (Å²) in [6.45, 7) is 7.44. The van der Waals surface area contributed by atoms with E-state index in [1.54, 1.807) is 30.5 Å². The first kappa shape index (κ1) is 20.6. The van der Waals surface area contributed by atoms with Crippen molar-refractivity contribution >= 4 is 38.8 Å². The Bertz CT molecular complexity index is 1110. The third-order valence-electron chi connectivity index (χ3n) is 5.23. The molecule has 1 aromatic heterocycles. The van der Waals surface area contributed by atoms with Gasteiger partial charge in [-0.3, -0.25) is 0 Å². The number of sulfone groups is 1. The van der Waals surface area contributed by atoms with Gasteiger partial charge in [-0.1, -0.05) is 12.1 Å². The largest absolute Gasteiger partial charge is 0.354 e. The molecular weight excluding hydrogens is 394 g/mol. The lowest BCUT2D eigenvalue weighted by Gasteiger charge is -2.29. The van der Waals surface area contributed by atoms with Crippen LogP contribution in [0.25, 0.3) is 10.8 Å². The van der Waals surface area contributed by atoms with Crippen molar-refractivity contribution in [3.05, 3.63) is 59.8 Å². The molecule has 0 atom stereocenters. The summed E-state index contributed by atoms with van der Waals surface area (Å²) in [6, 6.07) is 12.5. The van der Waals surface area contributed by atoms with E-state index in [1.165, 1.54) is 0 Å². The van der Waals surface area contributed by atoms with Gasteiger partial charge in [0, 0.05) is 37.8 Å². The van der Waals surface area contributed by atoms with Gasteiger partial charge in [0.25, 0.3) is 0 Å². The highest BCUT2D eigenvalue weighted by molar-refractivity contribution is 7.91. The molecule has 2 aromatic carbocycles. The van der Waals surface area contributed by atoms with Crippen molar-refractivity contribution < 1.29 is 8.42 Å². The number of hydrogen-bond donors (Lipinski definition) is 1. The molecule has 28 heavy (non-hydrogen) atoms. The molecule has 148 valence electrons. The van der Waals surface area contributed by atoms with Crippen LogP contribution in [0.3, 0.4) is 0 Å². The van der Waals surface area contributed by atoms with Crippen molar-refractivity contribution in [1.29, 1.82) is 0 Å². The molecule has 0 bridgehead atoms. The average Bonchev–Trinajstić information content (AvgIpc) is 2.69. The highest BCUT2D eigenvalue weighted by Crippen LogP contribution is 2.30. The third kappa shape index (κ3) is 3.72. The molecule has 4 rings (SSSR count). The minimum atomic E-state index is -3.58. The molecule has 0 aliphatic carbocycles. The highest BCUT2D eigenvalue weighted by Gasteiger charge is 2.21. The second kappa shape index (κ2) is 8.07. The minimum Gasteiger partial charge on any atom is -0.354 e. The van der Waals surface area contributed by atoms with E-state index >= 15 is 0 Å². The summed E-state index contributed by atoms with van der Waals surface area (Å²) in [5.74, 6) is 0.853. The van der Waals surface area contributed by atoms with Crippen LogP contribution < -0.4 is 10.2 Å². The Labute approximate surface area is 172 Å². The number of halogens is 1. The normalized spacial score (nSPS) is 14.7. The van der Waals surface area contributed by atoms with Gasteiger partial charge < -0.3 is 10.2 Å². The van der Waals surface area contributed by atoms with Gasteiger partial charge in [-0.05, 0) is 60.7 Å². The van der Waals surface area contributed by atoms with Crippen molar-refractivity contribution in [2.24, 2.45) is 0 Å². The SMILES string of the molecule is Cc1ccc(S(=O)(=O)c2ccc3ccnc(N4CCNCC4)c3c2)cc1C.Cl. The predicted octanol–water partition coefficient (Wildman–Crippen LogP) is 3.52. The van der Waals surface area contributed by atoms with Crippen LogP contribution in [-0.2, 0) is 9.84 Å². The topological polar surface area (TPSA) is 62.3 Å². The predicted molar refractivity (Wildman–Crippen MR) is 115 cm³/mol.